The molecule has 206 valence electrons. The van der Waals surface area contributed by atoms with Gasteiger partial charge in [-0.1, -0.05) is 91.9 Å². The van der Waals surface area contributed by atoms with Gasteiger partial charge in [-0.3, -0.25) is 0 Å². The number of nitrogens with two attached hydrogens (primary N) is 1. The van der Waals surface area contributed by atoms with Crippen molar-refractivity contribution in [1.29, 1.82) is 0 Å². The van der Waals surface area contributed by atoms with Gasteiger partial charge in [-0.2, -0.15) is 0 Å². The number of carbonyl (C=O) groups is 1. The lowest BCUT2D eigenvalue weighted by atomic mass is 10.0. The summed E-state index contributed by atoms with van der Waals surface area (Å²) in [6.07, 6.45) is -1.27. The van der Waals surface area contributed by atoms with Crippen molar-refractivity contribution in [2.75, 3.05) is 18.8 Å². The normalized spacial score (nSPS) is 13.9. The molecule has 1 unspecified atom stereocenters. The maximum Gasteiger partial charge on any atom is 0.407 e. The third-order valence-electron chi connectivity index (χ3n) is 6.06. The lowest BCUT2D eigenvalue weighted by molar-refractivity contribution is 0.0883. The van der Waals surface area contributed by atoms with E-state index in [2.05, 4.69) is 10.3 Å². The number of aromatic nitrogens is 1. The Morgan fingerprint density at radius 1 is 1.03 bits per heavy atom. The van der Waals surface area contributed by atoms with Gasteiger partial charge in [-0.15, -0.1) is 0 Å². The summed E-state index contributed by atoms with van der Waals surface area (Å²) in [7, 11) is -1.58. The van der Waals surface area contributed by atoms with Gasteiger partial charge >= 0.3 is 6.09 Å². The molecule has 1 amide bonds. The first-order chi connectivity index (χ1) is 18.8. The lowest BCUT2D eigenvalue weighted by Crippen LogP contribution is -2.50. The van der Waals surface area contributed by atoms with Gasteiger partial charge in [0, 0.05) is 13.1 Å². The van der Waals surface area contributed by atoms with Crippen LogP contribution in [0.25, 0.3) is 10.2 Å². The largest absolute Gasteiger partial charge is 0.445 e. The highest BCUT2D eigenvalue weighted by molar-refractivity contribution is 7.83. The number of anilines is 1. The zero-order chi connectivity index (χ0) is 27.8. The number of ether oxygens (including phenoxy) is 1. The molecule has 0 aliphatic carbocycles. The van der Waals surface area contributed by atoms with Crippen LogP contribution in [0.1, 0.15) is 25.0 Å². The summed E-state index contributed by atoms with van der Waals surface area (Å²) in [6, 6.07) is 23.8. The number of carbonyl (C=O) groups excluding carboxylic acids is 1. The van der Waals surface area contributed by atoms with Gasteiger partial charge in [-0.25, -0.2) is 18.3 Å². The number of aliphatic hydroxyl groups excluding tert-OH is 1. The van der Waals surface area contributed by atoms with Crippen LogP contribution in [0.5, 0.6) is 0 Å². The van der Waals surface area contributed by atoms with Crippen molar-refractivity contribution in [3.05, 3.63) is 90.0 Å². The number of aliphatic hydroxyl groups is 1. The van der Waals surface area contributed by atoms with E-state index in [-0.39, 0.29) is 19.1 Å². The Labute approximate surface area is 235 Å². The lowest BCUT2D eigenvalue weighted by Gasteiger charge is -2.30. The Morgan fingerprint density at radius 3 is 2.36 bits per heavy atom. The van der Waals surface area contributed by atoms with E-state index in [1.54, 1.807) is 16.4 Å². The minimum atomic E-state index is -1.58. The molecule has 3 aromatic carbocycles. The van der Waals surface area contributed by atoms with Crippen LogP contribution in [0.3, 0.4) is 0 Å². The smallest absolute Gasteiger partial charge is 0.407 e. The maximum atomic E-state index is 13.9. The van der Waals surface area contributed by atoms with Crippen LogP contribution in [-0.4, -0.2) is 49.9 Å². The van der Waals surface area contributed by atoms with Crippen molar-refractivity contribution in [1.82, 2.24) is 14.6 Å². The maximum absolute atomic E-state index is 13.9. The summed E-state index contributed by atoms with van der Waals surface area (Å²) in [6.45, 7) is 4.73. The minimum absolute atomic E-state index is 0.0753. The number of amides is 1. The first-order valence-corrected chi connectivity index (χ1v) is 14.7. The summed E-state index contributed by atoms with van der Waals surface area (Å²) in [4.78, 5) is 17.7. The van der Waals surface area contributed by atoms with Crippen molar-refractivity contribution in [3.63, 3.8) is 0 Å². The van der Waals surface area contributed by atoms with Crippen LogP contribution < -0.4 is 11.1 Å². The van der Waals surface area contributed by atoms with Gasteiger partial charge in [-0.05, 0) is 35.6 Å². The Balaban J connectivity index is 1.52. The third-order valence-corrected chi connectivity index (χ3v) is 8.60. The molecule has 1 aromatic heterocycles. The molecule has 0 fully saturated rings. The fraction of sp³-hybridized carbons (Fsp3) is 0.310. The average molecular weight is 567 g/mol. The molecule has 3 atom stereocenters. The number of rotatable bonds is 12. The van der Waals surface area contributed by atoms with Crippen molar-refractivity contribution >= 4 is 43.8 Å². The molecule has 39 heavy (non-hydrogen) atoms. The van der Waals surface area contributed by atoms with E-state index >= 15 is 0 Å². The second kappa shape index (κ2) is 13.7. The van der Waals surface area contributed by atoms with Gasteiger partial charge in [0.2, 0.25) is 0 Å². The molecule has 10 heteroatoms. The fourth-order valence-electron chi connectivity index (χ4n) is 4.24. The van der Waals surface area contributed by atoms with Gasteiger partial charge < -0.3 is 20.9 Å². The van der Waals surface area contributed by atoms with Crippen LogP contribution in [0.2, 0.25) is 0 Å². The molecule has 0 aliphatic rings. The summed E-state index contributed by atoms with van der Waals surface area (Å²) >= 11 is 1.29. The zero-order valence-corrected chi connectivity index (χ0v) is 23.7. The van der Waals surface area contributed by atoms with Crippen molar-refractivity contribution < 1.29 is 18.8 Å². The summed E-state index contributed by atoms with van der Waals surface area (Å²) in [5, 5.41) is 14.7. The number of nitrogens with zero attached hydrogens (tertiary/aromatic N) is 2. The third kappa shape index (κ3) is 8.09. The predicted octanol–water partition coefficient (Wildman–Crippen LogP) is 4.76. The average Bonchev–Trinajstić information content (AvgIpc) is 3.32. The molecule has 0 saturated heterocycles. The number of nitrogens with one attached hydrogen (secondary N) is 1. The molecule has 4 N–H and O–H groups in total. The minimum Gasteiger partial charge on any atom is -0.445 e. The second-order valence-corrected chi connectivity index (χ2v) is 12.2. The molecular weight excluding hydrogens is 532 g/mol. The Kier molecular flexibility index (Phi) is 10.0. The van der Waals surface area contributed by atoms with Gasteiger partial charge in [0.25, 0.3) is 0 Å². The van der Waals surface area contributed by atoms with E-state index in [4.69, 9.17) is 10.5 Å². The summed E-state index contributed by atoms with van der Waals surface area (Å²) in [5.74, 6) is 0.184. The van der Waals surface area contributed by atoms with E-state index in [0.717, 1.165) is 15.8 Å². The molecule has 0 saturated carbocycles. The second-order valence-electron chi connectivity index (χ2n) is 9.72. The molecule has 4 aromatic rings. The topological polar surface area (TPSA) is 118 Å². The SMILES string of the molecule is CC(C)CN(C[C@@H](O)[C@H](Cc1ccccc1)NC(=O)OCc1ccccc1)S(=O)c1cccc2nc(N)sc12. The summed E-state index contributed by atoms with van der Waals surface area (Å²) in [5.41, 5.74) is 8.43. The number of hydrogen-bond donors (Lipinski definition) is 3. The molecule has 0 spiro atoms. The van der Waals surface area contributed by atoms with Crippen molar-refractivity contribution in [2.24, 2.45) is 5.92 Å². The Bertz CT molecular complexity index is 1380. The Morgan fingerprint density at radius 2 is 1.69 bits per heavy atom. The molecular formula is C29H34N4O4S2. The number of hydrogen-bond acceptors (Lipinski definition) is 7. The van der Waals surface area contributed by atoms with Gasteiger partial charge in [0.05, 0.1) is 27.3 Å². The Hall–Kier alpha value is -3.31. The number of fused-ring (bicyclic) bond motifs is 1. The van der Waals surface area contributed by atoms with Gasteiger partial charge in [0.15, 0.2) is 5.13 Å². The quantitative estimate of drug-likeness (QED) is 0.228. The van der Waals surface area contributed by atoms with Crippen LogP contribution in [0.4, 0.5) is 9.93 Å². The highest BCUT2D eigenvalue weighted by Gasteiger charge is 2.28. The van der Waals surface area contributed by atoms with Crippen LogP contribution >= 0.6 is 11.3 Å². The molecule has 0 bridgehead atoms. The van der Waals surface area contributed by atoms with Crippen LogP contribution in [-0.2, 0) is 28.8 Å². The molecule has 8 nitrogen and oxygen atoms in total. The molecule has 0 aliphatic heterocycles. The fourth-order valence-corrected chi connectivity index (χ4v) is 6.77. The van der Waals surface area contributed by atoms with E-state index in [0.29, 0.717) is 28.5 Å². The predicted molar refractivity (Wildman–Crippen MR) is 157 cm³/mol. The monoisotopic (exact) mass is 566 g/mol. The highest BCUT2D eigenvalue weighted by Crippen LogP contribution is 2.30. The number of alkyl carbamates (subject to hydrolysis) is 1. The zero-order valence-electron chi connectivity index (χ0n) is 22.0. The first-order valence-electron chi connectivity index (χ1n) is 12.8. The highest BCUT2D eigenvalue weighted by atomic mass is 32.2. The van der Waals surface area contributed by atoms with Crippen molar-refractivity contribution in [2.45, 2.75) is 43.9 Å². The number of benzene rings is 3. The number of nitrogen functional groups attached to an aromatic ring is 1. The first kappa shape index (κ1) is 28.7. The van der Waals surface area contributed by atoms with E-state index in [1.165, 1.54) is 11.3 Å². The molecule has 4 rings (SSSR count). The van der Waals surface area contributed by atoms with E-state index < -0.39 is 29.2 Å². The van der Waals surface area contributed by atoms with Crippen LogP contribution in [0.15, 0.2) is 83.8 Å². The van der Waals surface area contributed by atoms with Crippen LogP contribution in [0, 0.1) is 5.92 Å². The molecule has 1 heterocycles. The van der Waals surface area contributed by atoms with Crippen molar-refractivity contribution in [3.8, 4) is 0 Å². The number of thiazole rings is 1. The van der Waals surface area contributed by atoms with E-state index in [1.807, 2.05) is 80.6 Å². The summed E-state index contributed by atoms with van der Waals surface area (Å²) < 4.78 is 21.8. The molecule has 0 radical (unpaired) electrons. The van der Waals surface area contributed by atoms with E-state index in [9.17, 15) is 14.1 Å². The van der Waals surface area contributed by atoms with Gasteiger partial charge in [0.1, 0.15) is 17.6 Å². The standard InChI is InChI=1S/C29H34N4O4S2/c1-20(2)17-33(39(36)26-15-9-14-23-27(26)38-28(30)31-23)18-25(34)24(16-21-10-5-3-6-11-21)32-29(35)37-19-22-12-7-4-8-13-22/h3-15,20,24-25,34H,16-19H2,1-2H3,(H2,30,31)(H,32,35)/t24-,25+,39?/m0/s1.